The molecule has 0 spiro atoms. The monoisotopic (exact) mass is 385 g/mol. The molecule has 7 nitrogen and oxygen atoms in total. The molecule has 0 unspecified atom stereocenters. The van der Waals surface area contributed by atoms with E-state index in [0.29, 0.717) is 13.1 Å². The summed E-state index contributed by atoms with van der Waals surface area (Å²) < 4.78 is 5.46. The van der Waals surface area contributed by atoms with Gasteiger partial charge in [0.1, 0.15) is 5.75 Å². The molecule has 7 heteroatoms. The van der Waals surface area contributed by atoms with Crippen molar-refractivity contribution in [3.05, 3.63) is 42.0 Å². The molecule has 0 atom stereocenters. The lowest BCUT2D eigenvalue weighted by Gasteiger charge is -2.42. The number of hydrogen-bond donors (Lipinski definition) is 3. The lowest BCUT2D eigenvalue weighted by molar-refractivity contribution is -0.139. The van der Waals surface area contributed by atoms with E-state index in [1.165, 1.54) is 0 Å². The zero-order chi connectivity index (χ0) is 20.1. The second kappa shape index (κ2) is 8.93. The Morgan fingerprint density at radius 3 is 2.64 bits per heavy atom. The lowest BCUT2D eigenvalue weighted by Crippen LogP contribution is -2.56. The Kier molecular flexibility index (Phi) is 6.36. The van der Waals surface area contributed by atoms with Crippen LogP contribution in [0.5, 0.6) is 5.75 Å². The van der Waals surface area contributed by atoms with Crippen molar-refractivity contribution < 1.29 is 19.4 Å². The Hall–Kier alpha value is -2.80. The predicted molar refractivity (Wildman–Crippen MR) is 108 cm³/mol. The van der Waals surface area contributed by atoms with Crippen molar-refractivity contribution in [2.45, 2.75) is 38.4 Å². The van der Waals surface area contributed by atoms with Gasteiger partial charge in [-0.2, -0.15) is 0 Å². The average molecular weight is 385 g/mol. The normalized spacial score (nSPS) is 18.5. The number of carbonyl (C=O) groups excluding carboxylic acids is 1. The molecule has 3 rings (SSSR count). The van der Waals surface area contributed by atoms with Crippen molar-refractivity contribution in [2.24, 2.45) is 0 Å². The van der Waals surface area contributed by atoms with Crippen LogP contribution in [0.2, 0.25) is 0 Å². The number of rotatable bonds is 8. The van der Waals surface area contributed by atoms with E-state index in [2.05, 4.69) is 10.6 Å². The van der Waals surface area contributed by atoms with Crippen LogP contribution in [0.25, 0.3) is 10.8 Å². The summed E-state index contributed by atoms with van der Waals surface area (Å²) in [5.41, 5.74) is 0.945. The van der Waals surface area contributed by atoms with Gasteiger partial charge in [0, 0.05) is 24.2 Å². The second-order valence-corrected chi connectivity index (χ2v) is 7.07. The van der Waals surface area contributed by atoms with Gasteiger partial charge in [-0.25, -0.2) is 4.79 Å². The number of fused-ring (bicyclic) bond motifs is 1. The van der Waals surface area contributed by atoms with Crippen molar-refractivity contribution in [2.75, 3.05) is 20.2 Å². The summed E-state index contributed by atoms with van der Waals surface area (Å²) in [7, 11) is 1.62. The van der Waals surface area contributed by atoms with Gasteiger partial charge in [-0.3, -0.25) is 9.69 Å². The largest absolute Gasteiger partial charge is 0.496 e. The first-order valence-electron chi connectivity index (χ1n) is 9.56. The summed E-state index contributed by atoms with van der Waals surface area (Å²) in [5, 5.41) is 17.0. The summed E-state index contributed by atoms with van der Waals surface area (Å²) in [6.45, 7) is 3.05. The molecule has 1 aliphatic carbocycles. The number of carboxylic acid groups (broad SMARTS) is 1. The Morgan fingerprint density at radius 2 is 1.96 bits per heavy atom. The first-order valence-corrected chi connectivity index (χ1v) is 9.56. The van der Waals surface area contributed by atoms with E-state index >= 15 is 0 Å². The fraction of sp³-hybridized carbons (Fsp3) is 0.429. The van der Waals surface area contributed by atoms with Crippen LogP contribution in [-0.2, 0) is 11.3 Å². The molecule has 0 aromatic heterocycles. The number of nitrogens with zero attached hydrogens (tertiary/aromatic N) is 1. The highest BCUT2D eigenvalue weighted by Crippen LogP contribution is 2.28. The SMILES string of the molecule is CCN(CC(=O)O)C1CC(NC(=O)NCc2c(OC)ccc3ccccc23)C1. The molecular formula is C21H27N3O4. The average Bonchev–Trinajstić information content (AvgIpc) is 2.66. The van der Waals surface area contributed by atoms with Crippen molar-refractivity contribution in [1.82, 2.24) is 15.5 Å². The standard InChI is InChI=1S/C21H27N3O4/c1-3-24(13-20(25)26)16-10-15(11-16)23-21(27)22-12-18-17-7-5-4-6-14(17)8-9-19(18)28-2/h4-9,15-16H,3,10-13H2,1-2H3,(H,25,26)(H2,22,23,27). The fourth-order valence-corrected chi connectivity index (χ4v) is 3.77. The van der Waals surface area contributed by atoms with Gasteiger partial charge < -0.3 is 20.5 Å². The molecule has 0 aliphatic heterocycles. The maximum atomic E-state index is 12.3. The summed E-state index contributed by atoms with van der Waals surface area (Å²) in [5.74, 6) is -0.0741. The number of likely N-dealkylation sites (N-methyl/N-ethyl adjacent to an activating group) is 1. The third-order valence-corrected chi connectivity index (χ3v) is 5.35. The lowest BCUT2D eigenvalue weighted by atomic mass is 9.85. The number of carbonyl (C=O) groups is 2. The van der Waals surface area contributed by atoms with Crippen LogP contribution < -0.4 is 15.4 Å². The van der Waals surface area contributed by atoms with Gasteiger partial charge >= 0.3 is 12.0 Å². The highest BCUT2D eigenvalue weighted by Gasteiger charge is 2.34. The molecule has 1 saturated carbocycles. The molecule has 2 aromatic rings. The zero-order valence-electron chi connectivity index (χ0n) is 16.3. The molecule has 150 valence electrons. The highest BCUT2D eigenvalue weighted by atomic mass is 16.5. The van der Waals surface area contributed by atoms with Gasteiger partial charge in [-0.05, 0) is 36.2 Å². The predicted octanol–water partition coefficient (Wildman–Crippen LogP) is 2.59. The Balaban J connectivity index is 1.53. The third kappa shape index (κ3) is 4.54. The minimum absolute atomic E-state index is 0.0426. The third-order valence-electron chi connectivity index (χ3n) is 5.35. The Bertz CT molecular complexity index is 849. The van der Waals surface area contributed by atoms with Crippen molar-refractivity contribution in [1.29, 1.82) is 0 Å². The number of methoxy groups -OCH3 is 1. The quantitative estimate of drug-likeness (QED) is 0.650. The van der Waals surface area contributed by atoms with Crippen molar-refractivity contribution in [3.8, 4) is 5.75 Å². The van der Waals surface area contributed by atoms with E-state index in [-0.39, 0.29) is 24.7 Å². The number of nitrogens with one attached hydrogen (secondary N) is 2. The van der Waals surface area contributed by atoms with Crippen LogP contribution in [0.15, 0.2) is 36.4 Å². The Morgan fingerprint density at radius 1 is 1.21 bits per heavy atom. The van der Waals surface area contributed by atoms with Gasteiger partial charge in [-0.15, -0.1) is 0 Å². The summed E-state index contributed by atoms with van der Waals surface area (Å²) >= 11 is 0. The molecule has 0 saturated heterocycles. The Labute approximate surface area is 164 Å². The molecule has 1 aliphatic rings. The molecule has 1 fully saturated rings. The number of benzene rings is 2. The highest BCUT2D eigenvalue weighted by molar-refractivity contribution is 5.88. The maximum absolute atomic E-state index is 12.3. The van der Waals surface area contributed by atoms with Crippen LogP contribution in [0.1, 0.15) is 25.3 Å². The molecule has 3 N–H and O–H groups in total. The van der Waals surface area contributed by atoms with E-state index in [9.17, 15) is 9.59 Å². The molecule has 28 heavy (non-hydrogen) atoms. The van der Waals surface area contributed by atoms with Crippen LogP contribution in [0.4, 0.5) is 4.79 Å². The molecule has 2 amide bonds. The molecule has 0 bridgehead atoms. The number of aliphatic carboxylic acids is 1. The van der Waals surface area contributed by atoms with E-state index in [4.69, 9.17) is 9.84 Å². The van der Waals surface area contributed by atoms with Crippen LogP contribution >= 0.6 is 0 Å². The number of ether oxygens (including phenoxy) is 1. The topological polar surface area (TPSA) is 90.9 Å². The number of urea groups is 1. The second-order valence-electron chi connectivity index (χ2n) is 7.07. The first-order chi connectivity index (χ1) is 13.5. The van der Waals surface area contributed by atoms with Crippen LogP contribution in [0.3, 0.4) is 0 Å². The number of hydrogen-bond acceptors (Lipinski definition) is 4. The minimum atomic E-state index is -0.819. The van der Waals surface area contributed by atoms with Crippen LogP contribution in [-0.4, -0.2) is 54.3 Å². The molecule has 0 radical (unpaired) electrons. The van der Waals surface area contributed by atoms with E-state index < -0.39 is 5.97 Å². The maximum Gasteiger partial charge on any atom is 0.317 e. The summed E-state index contributed by atoms with van der Waals surface area (Å²) in [4.78, 5) is 25.1. The van der Waals surface area contributed by atoms with Gasteiger partial charge in [0.05, 0.1) is 13.7 Å². The van der Waals surface area contributed by atoms with E-state index in [0.717, 1.165) is 34.9 Å². The van der Waals surface area contributed by atoms with E-state index in [1.54, 1.807) is 7.11 Å². The number of amides is 2. The van der Waals surface area contributed by atoms with Gasteiger partial charge in [0.15, 0.2) is 0 Å². The zero-order valence-corrected chi connectivity index (χ0v) is 16.3. The van der Waals surface area contributed by atoms with E-state index in [1.807, 2.05) is 48.2 Å². The van der Waals surface area contributed by atoms with Gasteiger partial charge in [0.2, 0.25) is 0 Å². The van der Waals surface area contributed by atoms with Crippen LogP contribution in [0, 0.1) is 0 Å². The molecular weight excluding hydrogens is 358 g/mol. The van der Waals surface area contributed by atoms with Crippen molar-refractivity contribution >= 4 is 22.8 Å². The summed E-state index contributed by atoms with van der Waals surface area (Å²) in [6, 6.07) is 12.0. The number of carboxylic acids is 1. The molecule has 2 aromatic carbocycles. The smallest absolute Gasteiger partial charge is 0.317 e. The minimum Gasteiger partial charge on any atom is -0.496 e. The van der Waals surface area contributed by atoms with Gasteiger partial charge in [-0.1, -0.05) is 37.3 Å². The summed E-state index contributed by atoms with van der Waals surface area (Å²) in [6.07, 6.45) is 1.54. The first kappa shape index (κ1) is 19.9. The van der Waals surface area contributed by atoms with Gasteiger partial charge in [0.25, 0.3) is 0 Å². The fourth-order valence-electron chi connectivity index (χ4n) is 3.77. The van der Waals surface area contributed by atoms with Crippen molar-refractivity contribution in [3.63, 3.8) is 0 Å². The molecule has 0 heterocycles.